The zero-order chi connectivity index (χ0) is 18.1. The van der Waals surface area contributed by atoms with Gasteiger partial charge in [0.05, 0.1) is 0 Å². The quantitative estimate of drug-likeness (QED) is 0.648. The topological polar surface area (TPSA) is 75.3 Å². The second-order valence-corrected chi connectivity index (χ2v) is 6.42. The van der Waals surface area contributed by atoms with Crippen molar-refractivity contribution >= 4 is 21.6 Å². The first-order chi connectivity index (χ1) is 11.2. The van der Waals surface area contributed by atoms with E-state index in [9.17, 15) is 30.8 Å². The van der Waals surface area contributed by atoms with E-state index in [1.54, 1.807) is 0 Å². The zero-order valence-electron chi connectivity index (χ0n) is 12.0. The molecule has 0 atom stereocenters. The van der Waals surface area contributed by atoms with Crippen LogP contribution in [0.15, 0.2) is 35.2 Å². The first-order valence-electron chi connectivity index (χ1n) is 6.34. The van der Waals surface area contributed by atoms with E-state index >= 15 is 0 Å². The Morgan fingerprint density at radius 1 is 0.958 bits per heavy atom. The van der Waals surface area contributed by atoms with Crippen LogP contribution in [0.5, 0.6) is 0 Å². The van der Waals surface area contributed by atoms with Crippen molar-refractivity contribution in [2.75, 3.05) is 12.4 Å². The number of benzene rings is 2. The average molecular weight is 362 g/mol. The number of hydrogen-bond acceptors (Lipinski definition) is 3. The fourth-order valence-corrected chi connectivity index (χ4v) is 2.62. The van der Waals surface area contributed by atoms with Gasteiger partial charge in [-0.2, -0.15) is 0 Å². The molecule has 0 heterocycles. The highest BCUT2D eigenvalue weighted by atomic mass is 32.2. The van der Waals surface area contributed by atoms with Crippen molar-refractivity contribution in [1.29, 1.82) is 0 Å². The van der Waals surface area contributed by atoms with Crippen LogP contribution in [-0.4, -0.2) is 21.4 Å². The molecule has 0 aliphatic heterocycles. The standard InChI is InChI=1S/C14H10F4N2O3S/c1-19-24(22,23)12-4-7(2-3-9(12)15)14(21)20-8-5-10(16)13(18)11(17)6-8/h2-6,19H,1H3,(H,20,21). The van der Waals surface area contributed by atoms with Crippen LogP contribution in [-0.2, 0) is 10.0 Å². The lowest BCUT2D eigenvalue weighted by molar-refractivity contribution is 0.102. The fourth-order valence-electron chi connectivity index (χ4n) is 1.79. The normalized spacial score (nSPS) is 11.4. The van der Waals surface area contributed by atoms with Crippen LogP contribution >= 0.6 is 0 Å². The summed E-state index contributed by atoms with van der Waals surface area (Å²) in [5, 5.41) is 2.06. The van der Waals surface area contributed by atoms with Gasteiger partial charge in [-0.1, -0.05) is 0 Å². The third-order valence-electron chi connectivity index (χ3n) is 2.99. The molecule has 2 aromatic rings. The van der Waals surface area contributed by atoms with Gasteiger partial charge in [0.1, 0.15) is 10.7 Å². The molecule has 24 heavy (non-hydrogen) atoms. The predicted molar refractivity (Wildman–Crippen MR) is 76.9 cm³/mol. The molecule has 0 radical (unpaired) electrons. The van der Waals surface area contributed by atoms with Crippen molar-refractivity contribution in [2.45, 2.75) is 4.90 Å². The lowest BCUT2D eigenvalue weighted by Gasteiger charge is -2.09. The number of sulfonamides is 1. The first kappa shape index (κ1) is 17.9. The molecule has 0 spiro atoms. The van der Waals surface area contributed by atoms with Crippen molar-refractivity contribution in [3.8, 4) is 0 Å². The predicted octanol–water partition coefficient (Wildman–Crippen LogP) is 2.40. The molecule has 5 nitrogen and oxygen atoms in total. The number of amides is 1. The Kier molecular flexibility index (Phi) is 4.90. The van der Waals surface area contributed by atoms with Gasteiger partial charge >= 0.3 is 0 Å². The summed E-state index contributed by atoms with van der Waals surface area (Å²) in [4.78, 5) is 11.2. The highest BCUT2D eigenvalue weighted by Gasteiger charge is 2.20. The van der Waals surface area contributed by atoms with Crippen LogP contribution in [0.2, 0.25) is 0 Å². The maximum Gasteiger partial charge on any atom is 0.255 e. The monoisotopic (exact) mass is 362 g/mol. The number of hydrogen-bond donors (Lipinski definition) is 2. The van der Waals surface area contributed by atoms with Gasteiger partial charge in [0.15, 0.2) is 17.5 Å². The Labute approximate surface area is 134 Å². The van der Waals surface area contributed by atoms with Crippen LogP contribution in [0, 0.1) is 23.3 Å². The van der Waals surface area contributed by atoms with Gasteiger partial charge < -0.3 is 5.32 Å². The van der Waals surface area contributed by atoms with E-state index in [-0.39, 0.29) is 5.56 Å². The number of carbonyl (C=O) groups excluding carboxylic acids is 1. The summed E-state index contributed by atoms with van der Waals surface area (Å²) in [7, 11) is -3.09. The van der Waals surface area contributed by atoms with Crippen molar-refractivity contribution in [3.63, 3.8) is 0 Å². The molecule has 0 aromatic heterocycles. The Hall–Kier alpha value is -2.46. The molecule has 0 saturated heterocycles. The molecular weight excluding hydrogens is 352 g/mol. The summed E-state index contributed by atoms with van der Waals surface area (Å²) in [6.45, 7) is 0. The van der Waals surface area contributed by atoms with Crippen molar-refractivity contribution in [1.82, 2.24) is 4.72 Å². The van der Waals surface area contributed by atoms with Crippen LogP contribution in [0.1, 0.15) is 10.4 Å². The van der Waals surface area contributed by atoms with Crippen LogP contribution in [0.3, 0.4) is 0 Å². The summed E-state index contributed by atoms with van der Waals surface area (Å²) in [6.07, 6.45) is 0. The van der Waals surface area contributed by atoms with Crippen LogP contribution in [0.25, 0.3) is 0 Å². The molecule has 2 N–H and O–H groups in total. The molecule has 0 aliphatic carbocycles. The van der Waals surface area contributed by atoms with Crippen molar-refractivity contribution in [3.05, 3.63) is 59.2 Å². The maximum atomic E-state index is 13.6. The van der Waals surface area contributed by atoms with Crippen LogP contribution in [0.4, 0.5) is 23.2 Å². The van der Waals surface area contributed by atoms with Gasteiger partial charge in [-0.05, 0) is 25.2 Å². The molecule has 10 heteroatoms. The summed E-state index contributed by atoms with van der Waals surface area (Å²) in [5.74, 6) is -6.77. The van der Waals surface area contributed by atoms with Gasteiger partial charge in [-0.15, -0.1) is 0 Å². The Balaban J connectivity index is 2.36. The Bertz CT molecular complexity index is 893. The van der Waals surface area contributed by atoms with E-state index in [2.05, 4.69) is 5.32 Å². The smallest absolute Gasteiger partial charge is 0.255 e. The van der Waals surface area contributed by atoms with E-state index < -0.39 is 49.8 Å². The molecule has 128 valence electrons. The molecule has 0 aliphatic rings. The van der Waals surface area contributed by atoms with Crippen molar-refractivity contribution in [2.24, 2.45) is 0 Å². The van der Waals surface area contributed by atoms with E-state index in [1.165, 1.54) is 0 Å². The van der Waals surface area contributed by atoms with E-state index in [4.69, 9.17) is 0 Å². The fraction of sp³-hybridized carbons (Fsp3) is 0.0714. The van der Waals surface area contributed by atoms with E-state index in [0.29, 0.717) is 12.1 Å². The van der Waals surface area contributed by atoms with Gasteiger partial charge in [-0.3, -0.25) is 4.79 Å². The number of nitrogens with one attached hydrogen (secondary N) is 2. The minimum atomic E-state index is -4.15. The highest BCUT2D eigenvalue weighted by molar-refractivity contribution is 7.89. The number of rotatable bonds is 4. The maximum absolute atomic E-state index is 13.6. The summed E-state index contributed by atoms with van der Waals surface area (Å²) in [6, 6.07) is 3.59. The largest absolute Gasteiger partial charge is 0.322 e. The third kappa shape index (κ3) is 3.54. The highest BCUT2D eigenvalue weighted by Crippen LogP contribution is 2.20. The lowest BCUT2D eigenvalue weighted by Crippen LogP contribution is -2.21. The molecule has 0 bridgehead atoms. The summed E-state index contributed by atoms with van der Waals surface area (Å²) >= 11 is 0. The number of anilines is 1. The zero-order valence-corrected chi connectivity index (χ0v) is 12.8. The number of halogens is 4. The number of carbonyl (C=O) groups is 1. The summed E-state index contributed by atoms with van der Waals surface area (Å²) in [5.41, 5.74) is -0.672. The average Bonchev–Trinajstić information content (AvgIpc) is 2.52. The van der Waals surface area contributed by atoms with Gasteiger partial charge in [-0.25, -0.2) is 30.7 Å². The van der Waals surface area contributed by atoms with Crippen LogP contribution < -0.4 is 10.0 Å². The molecule has 1 amide bonds. The van der Waals surface area contributed by atoms with Crippen molar-refractivity contribution < 1.29 is 30.8 Å². The summed E-state index contributed by atoms with van der Waals surface area (Å²) < 4.78 is 77.9. The minimum Gasteiger partial charge on any atom is -0.322 e. The van der Waals surface area contributed by atoms with Gasteiger partial charge in [0, 0.05) is 23.4 Å². The molecule has 0 fully saturated rings. The first-order valence-corrected chi connectivity index (χ1v) is 7.83. The van der Waals surface area contributed by atoms with Gasteiger partial charge in [0.2, 0.25) is 10.0 Å². The molecule has 2 aromatic carbocycles. The lowest BCUT2D eigenvalue weighted by atomic mass is 10.2. The second-order valence-electron chi connectivity index (χ2n) is 4.56. The van der Waals surface area contributed by atoms with E-state index in [1.807, 2.05) is 4.72 Å². The Morgan fingerprint density at radius 2 is 1.54 bits per heavy atom. The minimum absolute atomic E-state index is 0.282. The second kappa shape index (κ2) is 6.57. The molecule has 2 rings (SSSR count). The van der Waals surface area contributed by atoms with E-state index in [0.717, 1.165) is 25.2 Å². The third-order valence-corrected chi connectivity index (χ3v) is 4.42. The Morgan fingerprint density at radius 3 is 2.08 bits per heavy atom. The molecule has 0 unspecified atom stereocenters. The SMILES string of the molecule is CNS(=O)(=O)c1cc(C(=O)Nc2cc(F)c(F)c(F)c2)ccc1F. The van der Waals surface area contributed by atoms with Gasteiger partial charge in [0.25, 0.3) is 5.91 Å². The molecule has 0 saturated carbocycles. The molecular formula is C14H10F4N2O3S.